The van der Waals surface area contributed by atoms with Crippen LogP contribution in [0.3, 0.4) is 0 Å². The van der Waals surface area contributed by atoms with Crippen molar-refractivity contribution in [3.8, 4) is 56.2 Å². The van der Waals surface area contributed by atoms with Gasteiger partial charge in [-0.05, 0) is 52.6 Å². The molecule has 3 aromatic heterocycles. The van der Waals surface area contributed by atoms with Gasteiger partial charge in [0.1, 0.15) is 0 Å². The van der Waals surface area contributed by atoms with Crippen LogP contribution in [-0.4, -0.2) is 15.0 Å². The molecule has 5 aromatic carbocycles. The Morgan fingerprint density at radius 3 is 1.72 bits per heavy atom. The number of benzene rings is 5. The van der Waals surface area contributed by atoms with Gasteiger partial charge in [-0.3, -0.25) is 4.98 Å². The molecule has 0 spiro atoms. The van der Waals surface area contributed by atoms with E-state index in [4.69, 9.17) is 9.97 Å². The maximum atomic E-state index is 5.05. The fourth-order valence-electron chi connectivity index (χ4n) is 5.57. The first-order valence-electron chi connectivity index (χ1n) is 14.3. The van der Waals surface area contributed by atoms with Crippen LogP contribution in [0.4, 0.5) is 0 Å². The number of pyridine rings is 1. The van der Waals surface area contributed by atoms with Crippen molar-refractivity contribution < 1.29 is 0 Å². The minimum absolute atomic E-state index is 0.702. The fourth-order valence-corrected chi connectivity index (χ4v) is 6.65. The van der Waals surface area contributed by atoms with Crippen LogP contribution < -0.4 is 0 Å². The Hall–Kier alpha value is -5.45. The van der Waals surface area contributed by atoms with Gasteiger partial charge in [0, 0.05) is 49.3 Å². The first kappa shape index (κ1) is 25.3. The van der Waals surface area contributed by atoms with Gasteiger partial charge >= 0.3 is 0 Å². The normalized spacial score (nSPS) is 11.3. The number of fused-ring (bicyclic) bond motifs is 3. The van der Waals surface area contributed by atoms with Crippen LogP contribution >= 0.6 is 11.3 Å². The third-order valence-corrected chi connectivity index (χ3v) is 8.98. The van der Waals surface area contributed by atoms with E-state index in [1.54, 1.807) is 6.20 Å². The molecule has 0 saturated carbocycles. The summed E-state index contributed by atoms with van der Waals surface area (Å²) >= 11 is 1.85. The van der Waals surface area contributed by atoms with E-state index in [1.807, 2.05) is 41.8 Å². The Balaban J connectivity index is 1.17. The van der Waals surface area contributed by atoms with E-state index in [-0.39, 0.29) is 0 Å². The average molecular weight is 568 g/mol. The van der Waals surface area contributed by atoms with Gasteiger partial charge in [-0.15, -0.1) is 11.3 Å². The summed E-state index contributed by atoms with van der Waals surface area (Å²) in [7, 11) is 0. The van der Waals surface area contributed by atoms with Crippen LogP contribution in [0.15, 0.2) is 152 Å². The standard InChI is InChI=1S/C39H25N3S/c1-2-7-28(8-3-1)35-24-36(42-39(41-35)30-18-14-27(15-19-30)32-9-6-22-40-25-32)29-16-12-26(13-17-29)31-20-21-38-34(23-31)33-10-4-5-11-37(33)43-38/h1-25H. The summed E-state index contributed by atoms with van der Waals surface area (Å²) in [5.74, 6) is 0.702. The van der Waals surface area contributed by atoms with Crippen LogP contribution in [0.1, 0.15) is 0 Å². The Labute approximate surface area is 253 Å². The predicted molar refractivity (Wildman–Crippen MR) is 180 cm³/mol. The zero-order chi connectivity index (χ0) is 28.6. The number of hydrogen-bond acceptors (Lipinski definition) is 4. The van der Waals surface area contributed by atoms with Crippen molar-refractivity contribution in [1.82, 2.24) is 15.0 Å². The van der Waals surface area contributed by atoms with Crippen molar-refractivity contribution in [3.63, 3.8) is 0 Å². The second-order valence-corrected chi connectivity index (χ2v) is 11.6. The molecule has 43 heavy (non-hydrogen) atoms. The SMILES string of the molecule is c1ccc(-c2cc(-c3ccc(-c4ccc5sc6ccccc6c5c4)cc3)nc(-c3ccc(-c4cccnc4)cc3)n2)cc1. The first-order valence-corrected chi connectivity index (χ1v) is 15.1. The maximum Gasteiger partial charge on any atom is 0.160 e. The molecule has 4 heteroatoms. The van der Waals surface area contributed by atoms with Crippen molar-refractivity contribution in [2.45, 2.75) is 0 Å². The minimum atomic E-state index is 0.702. The van der Waals surface area contributed by atoms with Crippen molar-refractivity contribution in [2.75, 3.05) is 0 Å². The van der Waals surface area contributed by atoms with Crippen LogP contribution in [-0.2, 0) is 0 Å². The van der Waals surface area contributed by atoms with Crippen LogP contribution in [0.5, 0.6) is 0 Å². The summed E-state index contributed by atoms with van der Waals surface area (Å²) in [6.07, 6.45) is 3.67. The number of thiophene rings is 1. The molecule has 0 unspecified atom stereocenters. The molecule has 0 saturated heterocycles. The quantitative estimate of drug-likeness (QED) is 0.208. The molecule has 0 atom stereocenters. The molecule has 0 N–H and O–H groups in total. The third-order valence-electron chi connectivity index (χ3n) is 7.82. The Morgan fingerprint density at radius 1 is 0.395 bits per heavy atom. The summed E-state index contributed by atoms with van der Waals surface area (Å²) in [6.45, 7) is 0. The molecule has 0 bridgehead atoms. The second-order valence-electron chi connectivity index (χ2n) is 10.5. The van der Waals surface area contributed by atoms with Crippen molar-refractivity contribution >= 4 is 31.5 Å². The molecule has 3 heterocycles. The summed E-state index contributed by atoms with van der Waals surface area (Å²) in [5.41, 5.74) is 9.47. The molecular weight excluding hydrogens is 543 g/mol. The van der Waals surface area contributed by atoms with E-state index in [2.05, 4.69) is 120 Å². The lowest BCUT2D eigenvalue weighted by atomic mass is 10.00. The van der Waals surface area contributed by atoms with Gasteiger partial charge in [-0.2, -0.15) is 0 Å². The molecule has 8 rings (SSSR count). The highest BCUT2D eigenvalue weighted by Gasteiger charge is 2.12. The van der Waals surface area contributed by atoms with Crippen molar-refractivity contribution in [2.24, 2.45) is 0 Å². The molecular formula is C39H25N3S. The molecule has 8 aromatic rings. The summed E-state index contributed by atoms with van der Waals surface area (Å²) in [4.78, 5) is 14.3. The molecule has 0 aliphatic carbocycles. The Kier molecular flexibility index (Phi) is 6.32. The van der Waals surface area contributed by atoms with Gasteiger partial charge in [0.2, 0.25) is 0 Å². The molecule has 0 radical (unpaired) electrons. The number of nitrogens with zero attached hydrogens (tertiary/aromatic N) is 3. The summed E-state index contributed by atoms with van der Waals surface area (Å²) in [5, 5.41) is 2.63. The minimum Gasteiger partial charge on any atom is -0.264 e. The summed E-state index contributed by atoms with van der Waals surface area (Å²) in [6, 6.07) is 48.9. The molecule has 3 nitrogen and oxygen atoms in total. The molecule has 0 amide bonds. The molecule has 202 valence electrons. The predicted octanol–water partition coefficient (Wildman–Crippen LogP) is 10.6. The van der Waals surface area contributed by atoms with Crippen LogP contribution in [0.25, 0.3) is 76.3 Å². The van der Waals surface area contributed by atoms with E-state index < -0.39 is 0 Å². The van der Waals surface area contributed by atoms with E-state index in [9.17, 15) is 0 Å². The van der Waals surface area contributed by atoms with Gasteiger partial charge in [-0.25, -0.2) is 9.97 Å². The number of hydrogen-bond donors (Lipinski definition) is 0. The highest BCUT2D eigenvalue weighted by atomic mass is 32.1. The van der Waals surface area contributed by atoms with Crippen molar-refractivity contribution in [1.29, 1.82) is 0 Å². The maximum absolute atomic E-state index is 5.05. The summed E-state index contributed by atoms with van der Waals surface area (Å²) < 4.78 is 2.64. The van der Waals surface area contributed by atoms with Gasteiger partial charge in [0.15, 0.2) is 5.82 Å². The van der Waals surface area contributed by atoms with E-state index >= 15 is 0 Å². The van der Waals surface area contributed by atoms with E-state index in [0.717, 1.165) is 39.2 Å². The lowest BCUT2D eigenvalue weighted by Crippen LogP contribution is -1.96. The first-order chi connectivity index (χ1) is 21.3. The van der Waals surface area contributed by atoms with E-state index in [1.165, 1.54) is 31.3 Å². The Bertz CT molecular complexity index is 2200. The lowest BCUT2D eigenvalue weighted by molar-refractivity contribution is 1.18. The zero-order valence-electron chi connectivity index (χ0n) is 23.2. The monoisotopic (exact) mass is 567 g/mol. The smallest absolute Gasteiger partial charge is 0.160 e. The average Bonchev–Trinajstić information content (AvgIpc) is 3.47. The highest BCUT2D eigenvalue weighted by Crippen LogP contribution is 2.37. The van der Waals surface area contributed by atoms with Gasteiger partial charge in [-0.1, -0.05) is 109 Å². The topological polar surface area (TPSA) is 38.7 Å². The van der Waals surface area contributed by atoms with Gasteiger partial charge in [0.25, 0.3) is 0 Å². The van der Waals surface area contributed by atoms with Gasteiger partial charge < -0.3 is 0 Å². The second kappa shape index (κ2) is 10.8. The number of rotatable bonds is 5. The largest absolute Gasteiger partial charge is 0.264 e. The van der Waals surface area contributed by atoms with Crippen LogP contribution in [0.2, 0.25) is 0 Å². The van der Waals surface area contributed by atoms with Crippen molar-refractivity contribution in [3.05, 3.63) is 152 Å². The Morgan fingerprint density at radius 2 is 0.977 bits per heavy atom. The van der Waals surface area contributed by atoms with Gasteiger partial charge in [0.05, 0.1) is 11.4 Å². The van der Waals surface area contributed by atoms with Crippen LogP contribution in [0, 0.1) is 0 Å². The van der Waals surface area contributed by atoms with E-state index in [0.29, 0.717) is 5.82 Å². The fraction of sp³-hybridized carbons (Fsp3) is 0. The molecule has 0 aliphatic heterocycles. The zero-order valence-corrected chi connectivity index (χ0v) is 24.0. The number of aromatic nitrogens is 3. The highest BCUT2D eigenvalue weighted by molar-refractivity contribution is 7.25. The molecule has 0 aliphatic rings. The third kappa shape index (κ3) is 4.88. The lowest BCUT2D eigenvalue weighted by Gasteiger charge is -2.11. The molecule has 0 fully saturated rings.